The topological polar surface area (TPSA) is 146 Å². The van der Waals surface area contributed by atoms with Gasteiger partial charge in [0, 0.05) is 32.0 Å². The summed E-state index contributed by atoms with van der Waals surface area (Å²) in [6, 6.07) is 13.9. The third-order valence-electron chi connectivity index (χ3n) is 5.63. The van der Waals surface area contributed by atoms with Gasteiger partial charge in [0.25, 0.3) is 5.56 Å². The van der Waals surface area contributed by atoms with Crippen molar-refractivity contribution in [3.8, 4) is 11.4 Å². The van der Waals surface area contributed by atoms with Crippen LogP contribution in [0.3, 0.4) is 0 Å². The van der Waals surface area contributed by atoms with Gasteiger partial charge in [0.1, 0.15) is 24.7 Å². The van der Waals surface area contributed by atoms with Gasteiger partial charge in [0.05, 0.1) is 10.9 Å². The van der Waals surface area contributed by atoms with Crippen LogP contribution in [0.15, 0.2) is 53.3 Å². The minimum absolute atomic E-state index is 0.297. The zero-order chi connectivity index (χ0) is 26.0. The number of fused-ring (bicyclic) bond motifs is 4. The highest BCUT2D eigenvalue weighted by atomic mass is 16.6. The van der Waals surface area contributed by atoms with E-state index >= 15 is 0 Å². The highest BCUT2D eigenvalue weighted by Gasteiger charge is 2.44. The molecule has 0 spiro atoms. The number of para-hydroxylation sites is 2. The molecule has 3 aromatic rings. The number of nitrogens with one attached hydrogen (secondary N) is 1. The fourth-order valence-corrected chi connectivity index (χ4v) is 4.21. The lowest BCUT2D eigenvalue weighted by molar-refractivity contribution is -0.183. The molecule has 0 bridgehead atoms. The molecule has 4 unspecified atom stereocenters. The summed E-state index contributed by atoms with van der Waals surface area (Å²) in [5.74, 6) is -1.90. The molecule has 4 atom stereocenters. The van der Waals surface area contributed by atoms with Gasteiger partial charge in [0.15, 0.2) is 12.2 Å². The van der Waals surface area contributed by atoms with Crippen LogP contribution >= 0.6 is 0 Å². The molecular formula is C25H25N3O8. The molecule has 0 radical (unpaired) electrons. The van der Waals surface area contributed by atoms with Crippen LogP contribution in [0.25, 0.3) is 22.3 Å². The monoisotopic (exact) mass is 495 g/mol. The molecule has 36 heavy (non-hydrogen) atoms. The summed E-state index contributed by atoms with van der Waals surface area (Å²) in [5, 5.41) is 14.3. The lowest BCUT2D eigenvalue weighted by Crippen LogP contribution is -2.53. The maximum atomic E-state index is 13.7. The molecule has 0 saturated carbocycles. The van der Waals surface area contributed by atoms with Crippen LogP contribution in [-0.2, 0) is 28.6 Å². The Morgan fingerprint density at radius 2 is 1.67 bits per heavy atom. The summed E-state index contributed by atoms with van der Waals surface area (Å²) < 4.78 is 17.1. The number of ether oxygens (including phenoxy) is 3. The Bertz CT molecular complexity index is 1390. The maximum Gasteiger partial charge on any atom is 0.303 e. The van der Waals surface area contributed by atoms with Gasteiger partial charge in [-0.2, -0.15) is 0 Å². The van der Waals surface area contributed by atoms with E-state index in [1.54, 1.807) is 48.5 Å². The van der Waals surface area contributed by atoms with Gasteiger partial charge >= 0.3 is 17.9 Å². The second-order valence-electron chi connectivity index (χ2n) is 8.28. The molecule has 2 N–H and O–H groups in total. The van der Waals surface area contributed by atoms with Crippen molar-refractivity contribution in [2.75, 3.05) is 11.9 Å². The molecule has 0 fully saturated rings. The number of carbonyl (C=O) groups is 3. The average Bonchev–Trinajstić information content (AvgIpc) is 2.84. The quantitative estimate of drug-likeness (QED) is 0.367. The number of aliphatic hydroxyl groups excluding tert-OH is 1. The van der Waals surface area contributed by atoms with Crippen molar-refractivity contribution in [3.63, 3.8) is 0 Å². The van der Waals surface area contributed by atoms with Crippen LogP contribution in [0.4, 0.5) is 5.69 Å². The number of rotatable bonds is 7. The zero-order valence-electron chi connectivity index (χ0n) is 19.8. The molecule has 0 saturated heterocycles. The minimum atomic E-state index is -1.58. The standard InChI is InChI=1S/C25H25N3O8/c1-13(29)34-12-20(32)21(35-14(2)30)22(36-15(3)31)24-27-18-10-6-4-8-16(18)23-26-19-11-7-5-9-17(19)25(33)28(23)24/h4-11,20-22,24,27,32H,12H2,1-3H3. The van der Waals surface area contributed by atoms with E-state index in [0.717, 1.165) is 20.8 Å². The fraction of sp³-hybridized carbons (Fsp3) is 0.320. The lowest BCUT2D eigenvalue weighted by Gasteiger charge is -2.39. The zero-order valence-corrected chi connectivity index (χ0v) is 19.8. The maximum absolute atomic E-state index is 13.7. The summed E-state index contributed by atoms with van der Waals surface area (Å²) in [6.45, 7) is 2.89. The molecular weight excluding hydrogens is 470 g/mol. The van der Waals surface area contributed by atoms with Crippen LogP contribution < -0.4 is 10.9 Å². The van der Waals surface area contributed by atoms with Gasteiger partial charge in [-0.05, 0) is 24.3 Å². The summed E-state index contributed by atoms with van der Waals surface area (Å²) in [6.07, 6.45) is -5.63. The number of aromatic nitrogens is 2. The predicted molar refractivity (Wildman–Crippen MR) is 128 cm³/mol. The van der Waals surface area contributed by atoms with Crippen molar-refractivity contribution in [2.45, 2.75) is 45.2 Å². The van der Waals surface area contributed by atoms with E-state index in [0.29, 0.717) is 28.0 Å². The Morgan fingerprint density at radius 1 is 1.00 bits per heavy atom. The van der Waals surface area contributed by atoms with Crippen LogP contribution in [0.5, 0.6) is 0 Å². The molecule has 1 aliphatic heterocycles. The summed E-state index contributed by atoms with van der Waals surface area (Å²) in [5.41, 5.74) is 1.25. The van der Waals surface area contributed by atoms with Crippen molar-refractivity contribution in [1.29, 1.82) is 0 Å². The number of hydrogen-bond acceptors (Lipinski definition) is 10. The molecule has 11 nitrogen and oxygen atoms in total. The normalized spacial score (nSPS) is 16.5. The SMILES string of the molecule is CC(=O)OCC(O)C(OC(C)=O)C(OC(C)=O)C1Nc2ccccc2-c2nc3ccccc3c(=O)n21. The van der Waals surface area contributed by atoms with Crippen LogP contribution in [-0.4, -0.2) is 57.5 Å². The number of hydrogen-bond donors (Lipinski definition) is 2. The van der Waals surface area contributed by atoms with E-state index in [9.17, 15) is 24.3 Å². The van der Waals surface area contributed by atoms with Gasteiger partial charge < -0.3 is 24.6 Å². The highest BCUT2D eigenvalue weighted by Crippen LogP contribution is 2.37. The van der Waals surface area contributed by atoms with Gasteiger partial charge in [-0.3, -0.25) is 23.7 Å². The Morgan fingerprint density at radius 3 is 2.36 bits per heavy atom. The Kier molecular flexibility index (Phi) is 7.02. The van der Waals surface area contributed by atoms with Crippen molar-refractivity contribution in [1.82, 2.24) is 9.55 Å². The molecule has 1 aromatic heterocycles. The van der Waals surface area contributed by atoms with Crippen molar-refractivity contribution >= 4 is 34.5 Å². The van der Waals surface area contributed by atoms with E-state index in [1.165, 1.54) is 4.57 Å². The van der Waals surface area contributed by atoms with Gasteiger partial charge in [-0.1, -0.05) is 24.3 Å². The van der Waals surface area contributed by atoms with Crippen LogP contribution in [0.2, 0.25) is 0 Å². The van der Waals surface area contributed by atoms with E-state index in [-0.39, 0.29) is 0 Å². The number of benzene rings is 2. The Balaban J connectivity index is 1.92. The minimum Gasteiger partial charge on any atom is -0.463 e. The van der Waals surface area contributed by atoms with E-state index in [1.807, 2.05) is 0 Å². The van der Waals surface area contributed by atoms with Gasteiger partial charge in [0.2, 0.25) is 0 Å². The van der Waals surface area contributed by atoms with Crippen LogP contribution in [0.1, 0.15) is 26.9 Å². The molecule has 0 amide bonds. The van der Waals surface area contributed by atoms with E-state index < -0.39 is 54.6 Å². The van der Waals surface area contributed by atoms with Crippen molar-refractivity contribution in [3.05, 3.63) is 58.9 Å². The van der Waals surface area contributed by atoms with Gasteiger partial charge in [-0.15, -0.1) is 0 Å². The third-order valence-corrected chi connectivity index (χ3v) is 5.63. The van der Waals surface area contributed by atoms with Crippen molar-refractivity contribution < 1.29 is 33.7 Å². The largest absolute Gasteiger partial charge is 0.463 e. The molecule has 4 rings (SSSR count). The van der Waals surface area contributed by atoms with E-state index in [2.05, 4.69) is 5.32 Å². The molecule has 0 aliphatic carbocycles. The number of carbonyl (C=O) groups excluding carboxylic acids is 3. The summed E-state index contributed by atoms with van der Waals surface area (Å²) >= 11 is 0. The van der Waals surface area contributed by atoms with Crippen molar-refractivity contribution in [2.24, 2.45) is 0 Å². The third kappa shape index (κ3) is 4.91. The smallest absolute Gasteiger partial charge is 0.303 e. The first-order valence-corrected chi connectivity index (χ1v) is 11.2. The summed E-state index contributed by atoms with van der Waals surface area (Å²) in [7, 11) is 0. The predicted octanol–water partition coefficient (Wildman–Crippen LogP) is 1.77. The van der Waals surface area contributed by atoms with E-state index in [4.69, 9.17) is 19.2 Å². The average molecular weight is 495 g/mol. The first kappa shape index (κ1) is 24.9. The molecule has 188 valence electrons. The van der Waals surface area contributed by atoms with Crippen LogP contribution in [0, 0.1) is 0 Å². The van der Waals surface area contributed by atoms with Gasteiger partial charge in [-0.25, -0.2) is 4.98 Å². The molecule has 11 heteroatoms. The number of aliphatic hydroxyl groups is 1. The Labute approximate surface area is 205 Å². The molecule has 2 aromatic carbocycles. The highest BCUT2D eigenvalue weighted by molar-refractivity contribution is 5.83. The lowest BCUT2D eigenvalue weighted by atomic mass is 10.0. The number of esters is 3. The first-order chi connectivity index (χ1) is 17.2. The number of anilines is 1. The second kappa shape index (κ2) is 10.2. The first-order valence-electron chi connectivity index (χ1n) is 11.2. The molecule has 2 heterocycles. The second-order valence-corrected chi connectivity index (χ2v) is 8.28. The number of nitrogens with zero attached hydrogens (tertiary/aromatic N) is 2. The fourth-order valence-electron chi connectivity index (χ4n) is 4.21. The summed E-state index contributed by atoms with van der Waals surface area (Å²) in [4.78, 5) is 53.9. The molecule has 1 aliphatic rings. The Hall–Kier alpha value is -4.25.